The lowest BCUT2D eigenvalue weighted by Gasteiger charge is -2.15. The Labute approximate surface area is 139 Å². The molecule has 23 heavy (non-hydrogen) atoms. The van der Waals surface area contributed by atoms with Crippen LogP contribution in [0.4, 0.5) is 5.69 Å². The number of para-hydroxylation sites is 1. The number of hydrazone groups is 1. The molecule has 1 aliphatic rings. The number of hydrogen-bond acceptors (Lipinski definition) is 5. The van der Waals surface area contributed by atoms with E-state index < -0.39 is 11.9 Å². The lowest BCUT2D eigenvalue weighted by molar-refractivity contribution is -0.135. The zero-order chi connectivity index (χ0) is 16.8. The fraction of sp³-hybridized carbons (Fsp3) is 0.125. The SMILES string of the molecule is C/C=C/C=N/N1C(=S)N(c2ccccc2)C(=O)/C1=C\C(=O)OC. The van der Waals surface area contributed by atoms with E-state index in [1.807, 2.05) is 13.0 Å². The van der Waals surface area contributed by atoms with Crippen molar-refractivity contribution in [2.45, 2.75) is 6.92 Å². The van der Waals surface area contributed by atoms with Crippen molar-refractivity contribution in [1.82, 2.24) is 5.01 Å². The average Bonchev–Trinajstić information content (AvgIpc) is 2.79. The number of carbonyl (C=O) groups is 2. The number of carbonyl (C=O) groups excluding carboxylic acids is 2. The molecule has 2 rings (SSSR count). The first kappa shape index (κ1) is 16.6. The van der Waals surface area contributed by atoms with Crippen molar-refractivity contribution in [2.24, 2.45) is 5.10 Å². The molecule has 0 bridgehead atoms. The molecule has 1 fully saturated rings. The van der Waals surface area contributed by atoms with E-state index in [9.17, 15) is 9.59 Å². The van der Waals surface area contributed by atoms with E-state index in [-0.39, 0.29) is 10.8 Å². The van der Waals surface area contributed by atoms with Crippen LogP contribution in [-0.4, -0.2) is 35.3 Å². The summed E-state index contributed by atoms with van der Waals surface area (Å²) in [6.45, 7) is 1.83. The fourth-order valence-corrected chi connectivity index (χ4v) is 2.22. The molecule has 1 saturated heterocycles. The molecule has 0 aromatic heterocycles. The summed E-state index contributed by atoms with van der Waals surface area (Å²) in [6.07, 6.45) is 6.03. The van der Waals surface area contributed by atoms with Gasteiger partial charge in [-0.05, 0) is 37.4 Å². The van der Waals surface area contributed by atoms with Crippen molar-refractivity contribution in [1.29, 1.82) is 0 Å². The molecule has 118 valence electrons. The maximum absolute atomic E-state index is 12.6. The molecule has 6 nitrogen and oxygen atoms in total. The van der Waals surface area contributed by atoms with Crippen LogP contribution in [0.25, 0.3) is 0 Å². The number of ether oxygens (including phenoxy) is 1. The number of anilines is 1. The minimum absolute atomic E-state index is 0.0338. The molecule has 0 saturated carbocycles. The molecule has 0 N–H and O–H groups in total. The van der Waals surface area contributed by atoms with Gasteiger partial charge < -0.3 is 4.74 Å². The Morgan fingerprint density at radius 1 is 1.30 bits per heavy atom. The molecule has 7 heteroatoms. The van der Waals surface area contributed by atoms with E-state index in [1.54, 1.807) is 36.4 Å². The molecule has 1 heterocycles. The second kappa shape index (κ2) is 7.46. The summed E-state index contributed by atoms with van der Waals surface area (Å²) in [5.74, 6) is -1.10. The largest absolute Gasteiger partial charge is 0.466 e. The number of amides is 1. The van der Waals surface area contributed by atoms with Crippen LogP contribution >= 0.6 is 12.2 Å². The number of methoxy groups -OCH3 is 1. The van der Waals surface area contributed by atoms with Crippen LogP contribution in [0, 0.1) is 0 Å². The highest BCUT2D eigenvalue weighted by molar-refractivity contribution is 7.80. The monoisotopic (exact) mass is 329 g/mol. The highest BCUT2D eigenvalue weighted by Gasteiger charge is 2.39. The second-order valence-corrected chi connectivity index (χ2v) is 4.78. The van der Waals surface area contributed by atoms with E-state index in [0.717, 1.165) is 6.08 Å². The van der Waals surface area contributed by atoms with Gasteiger partial charge in [-0.1, -0.05) is 24.3 Å². The van der Waals surface area contributed by atoms with Gasteiger partial charge in [0.05, 0.1) is 18.9 Å². The standard InChI is InChI=1S/C16H15N3O3S/c1-3-4-10-17-19-13(11-14(20)22-2)15(21)18(16(19)23)12-8-6-5-7-9-12/h3-11H,1-2H3/b4-3+,13-11+,17-10+. The average molecular weight is 329 g/mol. The van der Waals surface area contributed by atoms with Gasteiger partial charge >= 0.3 is 5.97 Å². The Balaban J connectivity index is 2.46. The Morgan fingerprint density at radius 2 is 2.00 bits per heavy atom. The summed E-state index contributed by atoms with van der Waals surface area (Å²) in [5.41, 5.74) is 0.633. The van der Waals surface area contributed by atoms with Crippen LogP contribution in [0.5, 0.6) is 0 Å². The third kappa shape index (κ3) is 3.51. The summed E-state index contributed by atoms with van der Waals surface area (Å²) >= 11 is 5.34. The zero-order valence-electron chi connectivity index (χ0n) is 12.7. The maximum atomic E-state index is 12.6. The number of benzene rings is 1. The maximum Gasteiger partial charge on any atom is 0.332 e. The number of rotatable bonds is 4. The summed E-state index contributed by atoms with van der Waals surface area (Å²) < 4.78 is 4.59. The molecule has 0 radical (unpaired) electrons. The summed E-state index contributed by atoms with van der Waals surface area (Å²) in [7, 11) is 1.24. The topological polar surface area (TPSA) is 62.2 Å². The van der Waals surface area contributed by atoms with Crippen LogP contribution in [0.2, 0.25) is 0 Å². The highest BCUT2D eigenvalue weighted by atomic mass is 32.1. The third-order valence-electron chi connectivity index (χ3n) is 2.95. The van der Waals surface area contributed by atoms with Gasteiger partial charge in [0.2, 0.25) is 5.11 Å². The van der Waals surface area contributed by atoms with E-state index in [1.165, 1.54) is 23.2 Å². The van der Waals surface area contributed by atoms with Gasteiger partial charge in [0.25, 0.3) is 5.91 Å². The molecule has 1 aliphatic heterocycles. The zero-order valence-corrected chi connectivity index (χ0v) is 13.5. The van der Waals surface area contributed by atoms with Crippen molar-refractivity contribution in [3.63, 3.8) is 0 Å². The van der Waals surface area contributed by atoms with Crippen molar-refractivity contribution in [3.05, 3.63) is 54.3 Å². The first-order valence-electron chi connectivity index (χ1n) is 6.78. The Kier molecular flexibility index (Phi) is 5.37. The van der Waals surface area contributed by atoms with Crippen LogP contribution in [0.1, 0.15) is 6.92 Å². The molecule has 0 atom stereocenters. The summed E-state index contributed by atoms with van der Waals surface area (Å²) in [6, 6.07) is 8.92. The molecule has 1 aromatic rings. The van der Waals surface area contributed by atoms with Gasteiger partial charge in [-0.25, -0.2) is 14.7 Å². The molecular weight excluding hydrogens is 314 g/mol. The first-order valence-corrected chi connectivity index (χ1v) is 7.19. The lowest BCUT2D eigenvalue weighted by atomic mass is 10.3. The predicted octanol–water partition coefficient (Wildman–Crippen LogP) is 2.24. The minimum atomic E-state index is -0.655. The molecular formula is C16H15N3O3S. The summed E-state index contributed by atoms with van der Waals surface area (Å²) in [4.78, 5) is 25.5. The van der Waals surface area contributed by atoms with Crippen molar-refractivity contribution in [3.8, 4) is 0 Å². The smallest absolute Gasteiger partial charge is 0.332 e. The predicted molar refractivity (Wildman–Crippen MR) is 91.8 cm³/mol. The van der Waals surface area contributed by atoms with E-state index in [2.05, 4.69) is 9.84 Å². The Bertz CT molecular complexity index is 711. The van der Waals surface area contributed by atoms with Gasteiger partial charge in [-0.15, -0.1) is 0 Å². The van der Waals surface area contributed by atoms with Gasteiger partial charge in [0.1, 0.15) is 5.70 Å². The number of allylic oxidation sites excluding steroid dienone is 2. The highest BCUT2D eigenvalue weighted by Crippen LogP contribution is 2.27. The van der Waals surface area contributed by atoms with Crippen LogP contribution in [-0.2, 0) is 14.3 Å². The normalized spacial score (nSPS) is 17.0. The molecule has 0 spiro atoms. The Morgan fingerprint density at radius 3 is 2.61 bits per heavy atom. The van der Waals surface area contributed by atoms with Gasteiger partial charge in [-0.2, -0.15) is 5.10 Å². The number of hydrogen-bond donors (Lipinski definition) is 0. The van der Waals surface area contributed by atoms with Crippen LogP contribution in [0.15, 0.2) is 59.4 Å². The van der Waals surface area contributed by atoms with Crippen LogP contribution < -0.4 is 4.90 Å². The van der Waals surface area contributed by atoms with Gasteiger partial charge in [0.15, 0.2) is 0 Å². The molecule has 0 unspecified atom stereocenters. The molecule has 1 aromatic carbocycles. The van der Waals surface area contributed by atoms with Gasteiger partial charge in [-0.3, -0.25) is 4.79 Å². The lowest BCUT2D eigenvalue weighted by Crippen LogP contribution is -2.30. The third-order valence-corrected chi connectivity index (χ3v) is 3.31. The van der Waals surface area contributed by atoms with Crippen molar-refractivity contribution >= 4 is 41.1 Å². The van der Waals surface area contributed by atoms with Gasteiger partial charge in [0, 0.05) is 6.21 Å². The van der Waals surface area contributed by atoms with Crippen molar-refractivity contribution in [2.75, 3.05) is 12.0 Å². The number of esters is 1. The minimum Gasteiger partial charge on any atom is -0.466 e. The van der Waals surface area contributed by atoms with E-state index >= 15 is 0 Å². The number of thiocarbonyl (C=S) groups is 1. The van der Waals surface area contributed by atoms with Crippen LogP contribution in [0.3, 0.4) is 0 Å². The number of nitrogens with zero attached hydrogens (tertiary/aromatic N) is 3. The fourth-order valence-electron chi connectivity index (χ4n) is 1.89. The van der Waals surface area contributed by atoms with Crippen molar-refractivity contribution < 1.29 is 14.3 Å². The molecule has 1 amide bonds. The molecule has 0 aliphatic carbocycles. The first-order chi connectivity index (χ1) is 11.1. The van der Waals surface area contributed by atoms with E-state index in [0.29, 0.717) is 5.69 Å². The summed E-state index contributed by atoms with van der Waals surface area (Å²) in [5, 5.41) is 5.53. The second-order valence-electron chi connectivity index (χ2n) is 4.41. The Hall–Kier alpha value is -2.80. The van der Waals surface area contributed by atoms with E-state index in [4.69, 9.17) is 12.2 Å². The quantitative estimate of drug-likeness (QED) is 0.367.